The average molecular weight is 366 g/mol. The lowest BCUT2D eigenvalue weighted by molar-refractivity contribution is -0.121. The van der Waals surface area contributed by atoms with Crippen molar-refractivity contribution in [3.63, 3.8) is 0 Å². The van der Waals surface area contributed by atoms with Crippen molar-refractivity contribution in [3.05, 3.63) is 47.9 Å². The number of methoxy groups -OCH3 is 1. The van der Waals surface area contributed by atoms with Crippen molar-refractivity contribution in [2.45, 2.75) is 25.3 Å². The van der Waals surface area contributed by atoms with E-state index in [0.717, 1.165) is 4.31 Å². The zero-order valence-electron chi connectivity index (χ0n) is 14.5. The number of amides is 1. The van der Waals surface area contributed by atoms with Crippen LogP contribution in [0.15, 0.2) is 45.9 Å². The lowest BCUT2D eigenvalue weighted by Crippen LogP contribution is -2.40. The number of carbonyl (C=O) groups is 1. The standard InChI is InChI=1S/C17H22N2O5S/c1-4-19(12-17(20)18-11-14-6-5-9-24-14)25(21,22)15-7-8-16(23-3)13(2)10-15/h5-10H,4,11-12H2,1-3H3,(H,18,20). The first-order chi connectivity index (χ1) is 11.9. The highest BCUT2D eigenvalue weighted by Gasteiger charge is 2.25. The zero-order chi connectivity index (χ0) is 18.4. The SMILES string of the molecule is CCN(CC(=O)NCc1ccco1)S(=O)(=O)c1ccc(OC)c(C)c1. The molecular weight excluding hydrogens is 344 g/mol. The maximum atomic E-state index is 12.8. The Kier molecular flexibility index (Phi) is 6.22. The smallest absolute Gasteiger partial charge is 0.243 e. The number of hydrogen-bond acceptors (Lipinski definition) is 5. The van der Waals surface area contributed by atoms with Crippen LogP contribution in [0.4, 0.5) is 0 Å². The summed E-state index contributed by atoms with van der Waals surface area (Å²) in [5.74, 6) is 0.815. The van der Waals surface area contributed by atoms with Gasteiger partial charge < -0.3 is 14.5 Å². The Bertz CT molecular complexity index is 816. The molecule has 1 aromatic heterocycles. The first kappa shape index (κ1) is 19.0. The molecule has 1 amide bonds. The lowest BCUT2D eigenvalue weighted by Gasteiger charge is -2.20. The van der Waals surface area contributed by atoms with Crippen LogP contribution in [0.2, 0.25) is 0 Å². The predicted molar refractivity (Wildman–Crippen MR) is 92.7 cm³/mol. The Morgan fingerprint density at radius 2 is 2.08 bits per heavy atom. The molecule has 1 N–H and O–H groups in total. The third-order valence-corrected chi connectivity index (χ3v) is 5.63. The Morgan fingerprint density at radius 1 is 1.32 bits per heavy atom. The maximum Gasteiger partial charge on any atom is 0.243 e. The second-order valence-electron chi connectivity index (χ2n) is 5.42. The second-order valence-corrected chi connectivity index (χ2v) is 7.36. The van der Waals surface area contributed by atoms with Crippen LogP contribution in [0.3, 0.4) is 0 Å². The van der Waals surface area contributed by atoms with E-state index in [-0.39, 0.29) is 24.5 Å². The van der Waals surface area contributed by atoms with Crippen LogP contribution in [-0.4, -0.2) is 38.8 Å². The van der Waals surface area contributed by atoms with E-state index >= 15 is 0 Å². The van der Waals surface area contributed by atoms with Gasteiger partial charge in [-0.15, -0.1) is 0 Å². The van der Waals surface area contributed by atoms with Crippen LogP contribution < -0.4 is 10.1 Å². The molecule has 2 rings (SSSR count). The highest BCUT2D eigenvalue weighted by Crippen LogP contribution is 2.23. The minimum Gasteiger partial charge on any atom is -0.496 e. The Morgan fingerprint density at radius 3 is 2.64 bits per heavy atom. The molecule has 0 aliphatic carbocycles. The molecule has 0 unspecified atom stereocenters. The van der Waals surface area contributed by atoms with Crippen LogP contribution in [0.5, 0.6) is 5.75 Å². The van der Waals surface area contributed by atoms with Gasteiger partial charge in [0.1, 0.15) is 11.5 Å². The van der Waals surface area contributed by atoms with Crippen LogP contribution in [0.1, 0.15) is 18.2 Å². The van der Waals surface area contributed by atoms with Gasteiger partial charge in [0.05, 0.1) is 31.4 Å². The monoisotopic (exact) mass is 366 g/mol. The fraction of sp³-hybridized carbons (Fsp3) is 0.353. The van der Waals surface area contributed by atoms with E-state index in [4.69, 9.17) is 9.15 Å². The van der Waals surface area contributed by atoms with Gasteiger partial charge in [0.2, 0.25) is 15.9 Å². The molecule has 0 aliphatic rings. The summed E-state index contributed by atoms with van der Waals surface area (Å²) in [4.78, 5) is 12.2. The number of rotatable bonds is 8. The number of nitrogens with one attached hydrogen (secondary N) is 1. The summed E-state index contributed by atoms with van der Waals surface area (Å²) in [7, 11) is -2.25. The van der Waals surface area contributed by atoms with E-state index in [2.05, 4.69) is 5.32 Å². The molecule has 0 atom stereocenters. The van der Waals surface area contributed by atoms with Crippen molar-refractivity contribution in [1.29, 1.82) is 0 Å². The zero-order valence-corrected chi connectivity index (χ0v) is 15.3. The summed E-state index contributed by atoms with van der Waals surface area (Å²) in [5, 5.41) is 2.64. The van der Waals surface area contributed by atoms with Gasteiger partial charge in [0.15, 0.2) is 0 Å². The molecule has 136 valence electrons. The molecule has 25 heavy (non-hydrogen) atoms. The number of sulfonamides is 1. The van der Waals surface area contributed by atoms with E-state index in [0.29, 0.717) is 17.1 Å². The van der Waals surface area contributed by atoms with Gasteiger partial charge >= 0.3 is 0 Å². The molecule has 1 heterocycles. The summed E-state index contributed by atoms with van der Waals surface area (Å²) in [5.41, 5.74) is 0.710. The van der Waals surface area contributed by atoms with Gasteiger partial charge in [-0.1, -0.05) is 6.92 Å². The Hall–Kier alpha value is -2.32. The first-order valence-corrected chi connectivity index (χ1v) is 9.26. The lowest BCUT2D eigenvalue weighted by atomic mass is 10.2. The molecule has 7 nitrogen and oxygen atoms in total. The van der Waals surface area contributed by atoms with Crippen LogP contribution in [0, 0.1) is 6.92 Å². The van der Waals surface area contributed by atoms with E-state index in [9.17, 15) is 13.2 Å². The fourth-order valence-corrected chi connectivity index (χ4v) is 3.83. The molecular formula is C17H22N2O5S. The molecule has 0 spiro atoms. The number of nitrogens with zero attached hydrogens (tertiary/aromatic N) is 1. The Labute approximate surface area is 147 Å². The molecule has 0 saturated heterocycles. The van der Waals surface area contributed by atoms with Gasteiger partial charge in [-0.2, -0.15) is 4.31 Å². The number of furan rings is 1. The quantitative estimate of drug-likeness (QED) is 0.771. The number of likely N-dealkylation sites (N-methyl/N-ethyl adjacent to an activating group) is 1. The van der Waals surface area contributed by atoms with Crippen LogP contribution in [-0.2, 0) is 21.4 Å². The van der Waals surface area contributed by atoms with Crippen molar-refractivity contribution >= 4 is 15.9 Å². The molecule has 0 aliphatic heterocycles. The van der Waals surface area contributed by atoms with Crippen LogP contribution in [0.25, 0.3) is 0 Å². The fourth-order valence-electron chi connectivity index (χ4n) is 2.34. The summed E-state index contributed by atoms with van der Waals surface area (Å²) in [6.07, 6.45) is 1.51. The molecule has 8 heteroatoms. The minimum atomic E-state index is -3.77. The largest absolute Gasteiger partial charge is 0.496 e. The van der Waals surface area contributed by atoms with E-state index < -0.39 is 15.9 Å². The maximum absolute atomic E-state index is 12.8. The molecule has 1 aromatic carbocycles. The normalized spacial score (nSPS) is 11.5. The van der Waals surface area contributed by atoms with E-state index in [1.807, 2.05) is 0 Å². The van der Waals surface area contributed by atoms with Crippen molar-refractivity contribution in [1.82, 2.24) is 9.62 Å². The minimum absolute atomic E-state index is 0.131. The molecule has 0 fully saturated rings. The summed E-state index contributed by atoms with van der Waals surface area (Å²) >= 11 is 0. The number of benzene rings is 1. The highest BCUT2D eigenvalue weighted by atomic mass is 32.2. The first-order valence-electron chi connectivity index (χ1n) is 7.82. The van der Waals surface area contributed by atoms with Crippen molar-refractivity contribution in [3.8, 4) is 5.75 Å². The van der Waals surface area contributed by atoms with Crippen molar-refractivity contribution < 1.29 is 22.4 Å². The van der Waals surface area contributed by atoms with E-state index in [1.165, 1.54) is 25.5 Å². The molecule has 2 aromatic rings. The van der Waals surface area contributed by atoms with Gasteiger partial charge in [0.25, 0.3) is 0 Å². The topological polar surface area (TPSA) is 88.9 Å². The van der Waals surface area contributed by atoms with Crippen molar-refractivity contribution in [2.75, 3.05) is 20.2 Å². The molecule has 0 radical (unpaired) electrons. The Balaban J connectivity index is 2.09. The molecule has 0 bridgehead atoms. The summed E-state index contributed by atoms with van der Waals surface area (Å²) in [6, 6.07) is 8.07. The highest BCUT2D eigenvalue weighted by molar-refractivity contribution is 7.89. The number of carbonyl (C=O) groups excluding carboxylic acids is 1. The summed E-state index contributed by atoms with van der Waals surface area (Å²) < 4.78 is 36.9. The van der Waals surface area contributed by atoms with Crippen LogP contribution >= 0.6 is 0 Å². The number of aryl methyl sites for hydroxylation is 1. The number of ether oxygens (including phenoxy) is 1. The number of hydrogen-bond donors (Lipinski definition) is 1. The van der Waals surface area contributed by atoms with Crippen molar-refractivity contribution in [2.24, 2.45) is 0 Å². The third kappa shape index (κ3) is 4.61. The molecule has 0 saturated carbocycles. The van der Waals surface area contributed by atoms with Gasteiger partial charge in [-0.05, 0) is 42.8 Å². The second kappa shape index (κ2) is 8.17. The summed E-state index contributed by atoms with van der Waals surface area (Å²) in [6.45, 7) is 3.59. The third-order valence-electron chi connectivity index (χ3n) is 3.72. The van der Waals surface area contributed by atoms with E-state index in [1.54, 1.807) is 32.0 Å². The van der Waals surface area contributed by atoms with Gasteiger partial charge in [0, 0.05) is 6.54 Å². The van der Waals surface area contributed by atoms with Gasteiger partial charge in [-0.3, -0.25) is 4.79 Å². The van der Waals surface area contributed by atoms with Gasteiger partial charge in [-0.25, -0.2) is 8.42 Å². The predicted octanol–water partition coefficient (Wildman–Crippen LogP) is 1.92. The average Bonchev–Trinajstić information content (AvgIpc) is 3.11.